The van der Waals surface area contributed by atoms with Gasteiger partial charge < -0.3 is 10.6 Å². The van der Waals surface area contributed by atoms with Crippen molar-refractivity contribution in [3.05, 3.63) is 77.9 Å². The Hall–Kier alpha value is -2.62. The minimum atomic E-state index is -0.428. The molecular weight excluding hydrogens is 312 g/mol. The molecule has 0 saturated heterocycles. The Morgan fingerprint density at radius 1 is 0.880 bits per heavy atom. The van der Waals surface area contributed by atoms with Gasteiger partial charge in [-0.3, -0.25) is 9.59 Å². The number of hydrogen-bond donors (Lipinski definition) is 2. The van der Waals surface area contributed by atoms with Gasteiger partial charge >= 0.3 is 0 Å². The summed E-state index contributed by atoms with van der Waals surface area (Å²) in [6, 6.07) is 6.29. The number of hydrogen-bond acceptors (Lipinski definition) is 4. The molecule has 0 amide bonds. The van der Waals surface area contributed by atoms with Crippen LogP contribution in [-0.4, -0.2) is 0 Å². The molecule has 2 aromatic carbocycles. The number of aryl methyl sites for hydroxylation is 1. The number of benzene rings is 1. The number of anilines is 2. The van der Waals surface area contributed by atoms with E-state index in [2.05, 4.69) is 56.5 Å². The van der Waals surface area contributed by atoms with Crippen LogP contribution in [0.3, 0.4) is 0 Å². The highest BCUT2D eigenvalue weighted by Gasteiger charge is 2.24. The average Bonchev–Trinajstić information content (AvgIpc) is 2.59. The van der Waals surface area contributed by atoms with Gasteiger partial charge in [-0.25, -0.2) is 0 Å². The van der Waals surface area contributed by atoms with Gasteiger partial charge in [-0.05, 0) is 69.9 Å². The second-order valence-electron chi connectivity index (χ2n) is 7.03. The summed E-state index contributed by atoms with van der Waals surface area (Å²) in [5.41, 5.74) is 8.16. The minimum absolute atomic E-state index is 0.219. The molecule has 2 N–H and O–H groups in total. The maximum atomic E-state index is 11.8. The van der Waals surface area contributed by atoms with Crippen LogP contribution >= 0.6 is 0 Å². The van der Waals surface area contributed by atoms with Crippen LogP contribution in [0.15, 0.2) is 50.3 Å². The molecule has 4 nitrogen and oxygen atoms in total. The molecule has 0 bridgehead atoms. The molecule has 0 atom stereocenters. The van der Waals surface area contributed by atoms with E-state index in [1.54, 1.807) is 6.92 Å². The van der Waals surface area contributed by atoms with E-state index in [0.29, 0.717) is 11.3 Å². The maximum absolute atomic E-state index is 11.8. The van der Waals surface area contributed by atoms with Gasteiger partial charge in [0.05, 0.1) is 5.69 Å². The number of dihydropyridines is 1. The molecule has 1 heterocycles. The molecule has 25 heavy (non-hydrogen) atoms. The van der Waals surface area contributed by atoms with Crippen LogP contribution in [0.1, 0.15) is 50.3 Å². The van der Waals surface area contributed by atoms with Crippen molar-refractivity contribution in [2.45, 2.75) is 47.5 Å². The normalized spacial score (nSPS) is 15.8. The lowest BCUT2D eigenvalue weighted by molar-refractivity contribution is 0.772. The number of allylic oxidation sites excluding steroid dienone is 4. The molecule has 0 aromatic heterocycles. The first-order valence-electron chi connectivity index (χ1n) is 8.51. The Morgan fingerprint density at radius 3 is 2.04 bits per heavy atom. The van der Waals surface area contributed by atoms with E-state index in [9.17, 15) is 9.59 Å². The van der Waals surface area contributed by atoms with Crippen LogP contribution in [0, 0.1) is 13.8 Å². The molecule has 0 radical (unpaired) electrons. The predicted octanol–water partition coefficient (Wildman–Crippen LogP) is 3.92. The fraction of sp³-hybridized carbons (Fsp3) is 0.333. The molecule has 0 fully saturated rings. The lowest BCUT2D eigenvalue weighted by atomic mass is 9.81. The zero-order valence-corrected chi connectivity index (χ0v) is 15.6. The molecule has 0 spiro atoms. The van der Waals surface area contributed by atoms with E-state index in [1.807, 2.05) is 6.92 Å². The highest BCUT2D eigenvalue weighted by molar-refractivity contribution is 5.69. The zero-order chi connectivity index (χ0) is 18.5. The average molecular weight is 336 g/mol. The van der Waals surface area contributed by atoms with Crippen molar-refractivity contribution in [1.82, 2.24) is 5.32 Å². The van der Waals surface area contributed by atoms with E-state index in [4.69, 9.17) is 0 Å². The van der Waals surface area contributed by atoms with Gasteiger partial charge in [0.1, 0.15) is 0 Å². The molecule has 3 rings (SSSR count). The molecule has 4 heteroatoms. The highest BCUT2D eigenvalue weighted by Crippen LogP contribution is 2.38. The first-order chi connectivity index (χ1) is 11.7. The standard InChI is InChI=1S/C21H24N2O2/c1-10-7-8-16(18-11(2)14(5)22-15(6)12(18)3)9-17(10)23-19-13(4)20(24)21(19)25/h7-9,18,22-23H,1-6H3. The predicted molar refractivity (Wildman–Crippen MR) is 103 cm³/mol. The van der Waals surface area contributed by atoms with Gasteiger partial charge in [-0.1, -0.05) is 12.1 Å². The lowest BCUT2D eigenvalue weighted by Crippen LogP contribution is -2.36. The van der Waals surface area contributed by atoms with E-state index in [1.165, 1.54) is 28.1 Å². The lowest BCUT2D eigenvalue weighted by Gasteiger charge is -2.30. The van der Waals surface area contributed by atoms with Crippen LogP contribution in [0.2, 0.25) is 0 Å². The van der Waals surface area contributed by atoms with Crippen molar-refractivity contribution in [3.8, 4) is 0 Å². The summed E-state index contributed by atoms with van der Waals surface area (Å²) in [5.74, 6) is 0.219. The van der Waals surface area contributed by atoms with Gasteiger partial charge in [0.2, 0.25) is 10.9 Å². The van der Waals surface area contributed by atoms with Crippen molar-refractivity contribution in [1.29, 1.82) is 0 Å². The Labute approximate surface area is 148 Å². The minimum Gasteiger partial charge on any atom is -0.363 e. The summed E-state index contributed by atoms with van der Waals surface area (Å²) in [4.78, 5) is 23.2. The van der Waals surface area contributed by atoms with E-state index >= 15 is 0 Å². The summed E-state index contributed by atoms with van der Waals surface area (Å²) in [6.45, 7) is 12.2. The first kappa shape index (κ1) is 17.2. The Kier molecular flexibility index (Phi) is 4.15. The summed E-state index contributed by atoms with van der Waals surface area (Å²) >= 11 is 0. The van der Waals surface area contributed by atoms with Gasteiger partial charge in [-0.2, -0.15) is 0 Å². The van der Waals surface area contributed by atoms with Crippen molar-refractivity contribution in [2.75, 3.05) is 5.32 Å². The highest BCUT2D eigenvalue weighted by atomic mass is 16.2. The van der Waals surface area contributed by atoms with Gasteiger partial charge in [0.15, 0.2) is 0 Å². The van der Waals surface area contributed by atoms with Crippen molar-refractivity contribution in [3.63, 3.8) is 0 Å². The zero-order valence-electron chi connectivity index (χ0n) is 15.6. The third kappa shape index (κ3) is 2.72. The van der Waals surface area contributed by atoms with Gasteiger partial charge in [0.25, 0.3) is 0 Å². The molecule has 1 aliphatic rings. The van der Waals surface area contributed by atoms with E-state index < -0.39 is 10.9 Å². The molecule has 0 saturated carbocycles. The van der Waals surface area contributed by atoms with Crippen molar-refractivity contribution >= 4 is 11.4 Å². The molecule has 1 aliphatic heterocycles. The monoisotopic (exact) mass is 336 g/mol. The molecule has 2 aromatic rings. The fourth-order valence-corrected chi connectivity index (χ4v) is 3.48. The summed E-state index contributed by atoms with van der Waals surface area (Å²) in [6.07, 6.45) is 0. The van der Waals surface area contributed by atoms with Crippen LogP contribution in [-0.2, 0) is 0 Å². The topological polar surface area (TPSA) is 58.2 Å². The number of rotatable bonds is 3. The van der Waals surface area contributed by atoms with Crippen LogP contribution in [0.25, 0.3) is 0 Å². The summed E-state index contributed by atoms with van der Waals surface area (Å²) in [7, 11) is 0. The fourth-order valence-electron chi connectivity index (χ4n) is 3.48. The molecule has 0 unspecified atom stereocenters. The summed E-state index contributed by atoms with van der Waals surface area (Å²) < 4.78 is 0. The van der Waals surface area contributed by atoms with Gasteiger partial charge in [-0.15, -0.1) is 0 Å². The van der Waals surface area contributed by atoms with Crippen molar-refractivity contribution < 1.29 is 0 Å². The largest absolute Gasteiger partial charge is 0.363 e. The molecule has 130 valence electrons. The number of nitrogens with one attached hydrogen (secondary N) is 2. The second-order valence-corrected chi connectivity index (χ2v) is 7.03. The molecule has 0 aliphatic carbocycles. The summed E-state index contributed by atoms with van der Waals surface area (Å²) in [5, 5.41) is 6.60. The SMILES string of the molecule is CC1=C(C)C(c2ccc(C)c(Nc3c(C)c(=O)c3=O)c2)C(C)=C(C)N1. The smallest absolute Gasteiger partial charge is 0.249 e. The Bertz CT molecular complexity index is 978. The third-order valence-corrected chi connectivity index (χ3v) is 5.43. The van der Waals surface area contributed by atoms with Crippen LogP contribution in [0.4, 0.5) is 11.4 Å². The molecular formula is C21H24N2O2. The van der Waals surface area contributed by atoms with E-state index in [-0.39, 0.29) is 5.92 Å². The van der Waals surface area contributed by atoms with Gasteiger partial charge in [0, 0.05) is 28.6 Å². The maximum Gasteiger partial charge on any atom is 0.249 e. The third-order valence-electron chi connectivity index (χ3n) is 5.43. The van der Waals surface area contributed by atoms with Crippen molar-refractivity contribution in [2.24, 2.45) is 0 Å². The quantitative estimate of drug-likeness (QED) is 0.834. The second kappa shape index (κ2) is 6.03. The van der Waals surface area contributed by atoms with E-state index in [0.717, 1.165) is 11.3 Å². The Morgan fingerprint density at radius 2 is 1.48 bits per heavy atom. The van der Waals surface area contributed by atoms with Crippen LogP contribution < -0.4 is 21.5 Å². The first-order valence-corrected chi connectivity index (χ1v) is 8.51. The van der Waals surface area contributed by atoms with Crippen LogP contribution in [0.5, 0.6) is 0 Å². The Balaban J connectivity index is 2.04.